The standard InChI is InChI=1S/C10H17N5O2/c1-17-9-6-14(7-10(11)13-16)5-8(9)15-4-2-3-12-15/h2-4,8-9,16H,5-7H2,1H3,(H2,11,13)/t8-,9-/m1/s1. The fourth-order valence-corrected chi connectivity index (χ4v) is 2.19. The minimum Gasteiger partial charge on any atom is -0.409 e. The summed E-state index contributed by atoms with van der Waals surface area (Å²) >= 11 is 0. The molecule has 17 heavy (non-hydrogen) atoms. The van der Waals surface area contributed by atoms with Crippen LogP contribution in [0.2, 0.25) is 0 Å². The predicted octanol–water partition coefficient (Wildman–Crippen LogP) is -0.499. The highest BCUT2D eigenvalue weighted by atomic mass is 16.5. The fraction of sp³-hybridized carbons (Fsp3) is 0.600. The molecule has 0 spiro atoms. The first kappa shape index (κ1) is 11.9. The van der Waals surface area contributed by atoms with E-state index < -0.39 is 0 Å². The molecule has 94 valence electrons. The molecule has 0 aromatic carbocycles. The molecule has 1 fully saturated rings. The number of oxime groups is 1. The van der Waals surface area contributed by atoms with Gasteiger partial charge in [-0.25, -0.2) is 0 Å². The van der Waals surface area contributed by atoms with Crippen LogP contribution in [0.4, 0.5) is 0 Å². The van der Waals surface area contributed by atoms with Gasteiger partial charge < -0.3 is 15.7 Å². The van der Waals surface area contributed by atoms with Gasteiger partial charge in [0.1, 0.15) is 0 Å². The third-order valence-corrected chi connectivity index (χ3v) is 2.99. The molecule has 2 heterocycles. The quantitative estimate of drug-likeness (QED) is 0.320. The van der Waals surface area contributed by atoms with Gasteiger partial charge >= 0.3 is 0 Å². The smallest absolute Gasteiger partial charge is 0.153 e. The summed E-state index contributed by atoms with van der Waals surface area (Å²) in [4.78, 5) is 2.08. The van der Waals surface area contributed by atoms with Gasteiger partial charge in [-0.05, 0) is 6.07 Å². The molecule has 0 amide bonds. The normalized spacial score (nSPS) is 26.5. The van der Waals surface area contributed by atoms with Gasteiger partial charge in [0, 0.05) is 32.6 Å². The second-order valence-corrected chi connectivity index (χ2v) is 4.11. The Kier molecular flexibility index (Phi) is 3.60. The van der Waals surface area contributed by atoms with Gasteiger partial charge in [-0.15, -0.1) is 0 Å². The van der Waals surface area contributed by atoms with Crippen LogP contribution in [-0.2, 0) is 4.74 Å². The number of ether oxygens (including phenoxy) is 1. The second-order valence-electron chi connectivity index (χ2n) is 4.11. The number of rotatable bonds is 4. The highest BCUT2D eigenvalue weighted by Gasteiger charge is 2.34. The summed E-state index contributed by atoms with van der Waals surface area (Å²) in [5, 5.41) is 15.8. The lowest BCUT2D eigenvalue weighted by molar-refractivity contribution is 0.0788. The minimum absolute atomic E-state index is 0.0707. The molecule has 0 aliphatic carbocycles. The molecule has 3 N–H and O–H groups in total. The molecule has 2 atom stereocenters. The van der Waals surface area contributed by atoms with Crippen LogP contribution in [0.1, 0.15) is 6.04 Å². The number of likely N-dealkylation sites (tertiary alicyclic amines) is 1. The largest absolute Gasteiger partial charge is 0.409 e. The van der Waals surface area contributed by atoms with E-state index >= 15 is 0 Å². The van der Waals surface area contributed by atoms with E-state index in [0.29, 0.717) is 6.54 Å². The van der Waals surface area contributed by atoms with E-state index in [9.17, 15) is 0 Å². The number of nitrogens with zero attached hydrogens (tertiary/aromatic N) is 4. The Bertz CT molecular complexity index is 378. The maximum absolute atomic E-state index is 8.56. The highest BCUT2D eigenvalue weighted by molar-refractivity contribution is 5.81. The maximum atomic E-state index is 8.56. The third kappa shape index (κ3) is 2.56. The second kappa shape index (κ2) is 5.15. The number of methoxy groups -OCH3 is 1. The molecule has 0 unspecified atom stereocenters. The van der Waals surface area contributed by atoms with Crippen LogP contribution in [0.5, 0.6) is 0 Å². The highest BCUT2D eigenvalue weighted by Crippen LogP contribution is 2.23. The zero-order valence-corrected chi connectivity index (χ0v) is 9.73. The van der Waals surface area contributed by atoms with Gasteiger partial charge in [0.05, 0.1) is 18.7 Å². The van der Waals surface area contributed by atoms with Crippen LogP contribution in [0.25, 0.3) is 0 Å². The van der Waals surface area contributed by atoms with Gasteiger partial charge in [-0.2, -0.15) is 5.10 Å². The summed E-state index contributed by atoms with van der Waals surface area (Å²) < 4.78 is 7.34. The summed E-state index contributed by atoms with van der Waals surface area (Å²) in [6, 6.07) is 2.06. The number of hydrogen-bond acceptors (Lipinski definition) is 5. The Morgan fingerprint density at radius 1 is 1.65 bits per heavy atom. The van der Waals surface area contributed by atoms with Crippen LogP contribution in [0, 0.1) is 0 Å². The fourth-order valence-electron chi connectivity index (χ4n) is 2.19. The summed E-state index contributed by atoms with van der Waals surface area (Å²) in [5.74, 6) is 0.209. The Morgan fingerprint density at radius 2 is 2.47 bits per heavy atom. The Morgan fingerprint density at radius 3 is 3.06 bits per heavy atom. The molecule has 7 nitrogen and oxygen atoms in total. The molecule has 1 aliphatic rings. The van der Waals surface area contributed by atoms with Crippen molar-refractivity contribution in [3.63, 3.8) is 0 Å². The van der Waals surface area contributed by atoms with Crippen LogP contribution in [0.3, 0.4) is 0 Å². The van der Waals surface area contributed by atoms with E-state index in [1.807, 2.05) is 16.9 Å². The molecular weight excluding hydrogens is 222 g/mol. The molecular formula is C10H17N5O2. The van der Waals surface area contributed by atoms with Crippen molar-refractivity contribution < 1.29 is 9.94 Å². The van der Waals surface area contributed by atoms with Crippen molar-refractivity contribution in [2.45, 2.75) is 12.1 Å². The van der Waals surface area contributed by atoms with Crippen LogP contribution in [-0.4, -0.2) is 58.6 Å². The number of aromatic nitrogens is 2. The minimum atomic E-state index is 0.0707. The third-order valence-electron chi connectivity index (χ3n) is 2.99. The average molecular weight is 239 g/mol. The first-order valence-corrected chi connectivity index (χ1v) is 5.45. The zero-order valence-electron chi connectivity index (χ0n) is 9.73. The summed E-state index contributed by atoms with van der Waals surface area (Å²) in [6.07, 6.45) is 3.74. The molecule has 1 aromatic rings. The van der Waals surface area contributed by atoms with Gasteiger partial charge in [0.2, 0.25) is 0 Å². The van der Waals surface area contributed by atoms with E-state index in [-0.39, 0.29) is 18.0 Å². The molecule has 0 saturated carbocycles. The first-order chi connectivity index (χ1) is 8.24. The maximum Gasteiger partial charge on any atom is 0.153 e. The molecule has 2 rings (SSSR count). The van der Waals surface area contributed by atoms with Gasteiger partial charge in [-0.1, -0.05) is 5.16 Å². The van der Waals surface area contributed by atoms with Crippen molar-refractivity contribution in [2.24, 2.45) is 10.9 Å². The van der Waals surface area contributed by atoms with Crippen molar-refractivity contribution in [1.29, 1.82) is 0 Å². The van der Waals surface area contributed by atoms with E-state index in [1.165, 1.54) is 0 Å². The Balaban J connectivity index is 2.04. The van der Waals surface area contributed by atoms with Crippen molar-refractivity contribution in [1.82, 2.24) is 14.7 Å². The molecule has 1 aliphatic heterocycles. The van der Waals surface area contributed by atoms with E-state index in [1.54, 1.807) is 13.3 Å². The average Bonchev–Trinajstić information content (AvgIpc) is 2.96. The topological polar surface area (TPSA) is 88.9 Å². The zero-order chi connectivity index (χ0) is 12.3. The monoisotopic (exact) mass is 239 g/mol. The first-order valence-electron chi connectivity index (χ1n) is 5.45. The lowest BCUT2D eigenvalue weighted by Crippen LogP contribution is -2.33. The van der Waals surface area contributed by atoms with Crippen LogP contribution < -0.4 is 5.73 Å². The summed E-state index contributed by atoms with van der Waals surface area (Å²) in [7, 11) is 1.69. The predicted molar refractivity (Wildman–Crippen MR) is 61.9 cm³/mol. The molecule has 1 saturated heterocycles. The van der Waals surface area contributed by atoms with E-state index in [2.05, 4.69) is 15.2 Å². The number of amidine groups is 1. The summed E-state index contributed by atoms with van der Waals surface area (Å²) in [5.41, 5.74) is 5.50. The lowest BCUT2D eigenvalue weighted by Gasteiger charge is -2.16. The van der Waals surface area contributed by atoms with E-state index in [0.717, 1.165) is 13.1 Å². The van der Waals surface area contributed by atoms with Crippen molar-refractivity contribution in [3.8, 4) is 0 Å². The van der Waals surface area contributed by atoms with E-state index in [4.69, 9.17) is 15.7 Å². The van der Waals surface area contributed by atoms with Crippen molar-refractivity contribution >= 4 is 5.84 Å². The van der Waals surface area contributed by atoms with Crippen molar-refractivity contribution in [3.05, 3.63) is 18.5 Å². The van der Waals surface area contributed by atoms with Crippen LogP contribution in [0.15, 0.2) is 23.6 Å². The Labute approximate surface area is 99.4 Å². The molecule has 1 aromatic heterocycles. The van der Waals surface area contributed by atoms with Gasteiger partial charge in [0.25, 0.3) is 0 Å². The number of hydrogen-bond donors (Lipinski definition) is 2. The lowest BCUT2D eigenvalue weighted by atomic mass is 10.2. The SMILES string of the molecule is CO[C@@H]1CN(CC(N)=NO)C[C@H]1n1cccn1. The molecule has 0 bridgehead atoms. The van der Waals surface area contributed by atoms with Crippen LogP contribution >= 0.6 is 0 Å². The number of nitrogens with two attached hydrogens (primary N) is 1. The molecule has 0 radical (unpaired) electrons. The van der Waals surface area contributed by atoms with Gasteiger partial charge in [0.15, 0.2) is 5.84 Å². The van der Waals surface area contributed by atoms with Crippen molar-refractivity contribution in [2.75, 3.05) is 26.7 Å². The summed E-state index contributed by atoms with van der Waals surface area (Å²) in [6.45, 7) is 1.96. The van der Waals surface area contributed by atoms with Gasteiger partial charge in [-0.3, -0.25) is 9.58 Å². The Hall–Kier alpha value is -1.60. The molecule has 7 heteroatoms.